The zero-order chi connectivity index (χ0) is 22.2. The summed E-state index contributed by atoms with van der Waals surface area (Å²) in [6.45, 7) is 5.11. The van der Waals surface area contributed by atoms with Crippen molar-refractivity contribution in [3.8, 4) is 5.75 Å². The Bertz CT molecular complexity index is 790. The van der Waals surface area contributed by atoms with Gasteiger partial charge in [-0.1, -0.05) is 11.6 Å². The summed E-state index contributed by atoms with van der Waals surface area (Å²) in [6, 6.07) is 5.48. The number of carbonyl (C=O) groups excluding carboxylic acids is 3. The summed E-state index contributed by atoms with van der Waals surface area (Å²) >= 11 is 5.92. The second-order valence-corrected chi connectivity index (χ2v) is 8.57. The van der Waals surface area contributed by atoms with Crippen LogP contribution in [0.5, 0.6) is 5.75 Å². The van der Waals surface area contributed by atoms with Gasteiger partial charge >= 0.3 is 6.03 Å². The molecule has 0 saturated carbocycles. The van der Waals surface area contributed by atoms with Gasteiger partial charge in [0.2, 0.25) is 11.8 Å². The fraction of sp³-hybridized carbons (Fsp3) is 0.591. The number of nitrogens with zero attached hydrogens (tertiary/aromatic N) is 2. The van der Waals surface area contributed by atoms with Crippen LogP contribution < -0.4 is 15.6 Å². The molecule has 1 aromatic carbocycles. The van der Waals surface area contributed by atoms with Crippen molar-refractivity contribution in [1.82, 2.24) is 20.7 Å². The number of likely N-dealkylation sites (tertiary alicyclic amines) is 2. The first-order chi connectivity index (χ1) is 14.9. The maximum absolute atomic E-state index is 12.4. The topological polar surface area (TPSA) is 91.0 Å². The van der Waals surface area contributed by atoms with E-state index < -0.39 is 0 Å². The highest BCUT2D eigenvalue weighted by molar-refractivity contribution is 6.30. The lowest BCUT2D eigenvalue weighted by Crippen LogP contribution is -2.50. The number of aryl methyl sites for hydroxylation is 1. The van der Waals surface area contributed by atoms with E-state index in [-0.39, 0.29) is 30.2 Å². The number of ether oxygens (including phenoxy) is 1. The van der Waals surface area contributed by atoms with E-state index in [0.717, 1.165) is 37.2 Å². The van der Waals surface area contributed by atoms with Crippen molar-refractivity contribution in [2.24, 2.45) is 5.92 Å². The molecule has 0 aromatic heterocycles. The van der Waals surface area contributed by atoms with Crippen LogP contribution in [0.1, 0.15) is 44.1 Å². The molecule has 2 N–H and O–H groups in total. The van der Waals surface area contributed by atoms with Crippen LogP contribution in [0.25, 0.3) is 0 Å². The second-order valence-electron chi connectivity index (χ2n) is 8.14. The van der Waals surface area contributed by atoms with E-state index in [1.54, 1.807) is 6.07 Å². The molecule has 8 nitrogen and oxygen atoms in total. The molecule has 4 amide bonds. The van der Waals surface area contributed by atoms with Gasteiger partial charge in [-0.3, -0.25) is 20.4 Å². The number of hydrogen-bond donors (Lipinski definition) is 2. The van der Waals surface area contributed by atoms with Gasteiger partial charge in [-0.15, -0.1) is 0 Å². The van der Waals surface area contributed by atoms with Crippen LogP contribution in [0.4, 0.5) is 4.79 Å². The van der Waals surface area contributed by atoms with Gasteiger partial charge in [0.1, 0.15) is 5.75 Å². The number of piperidine rings is 1. The average molecular weight is 451 g/mol. The Kier molecular flexibility index (Phi) is 8.40. The van der Waals surface area contributed by atoms with Gasteiger partial charge in [-0.25, -0.2) is 4.79 Å². The third kappa shape index (κ3) is 6.75. The molecular formula is C22H31ClN4O4. The molecule has 0 aliphatic carbocycles. The Labute approximate surface area is 188 Å². The highest BCUT2D eigenvalue weighted by atomic mass is 35.5. The Morgan fingerprint density at radius 1 is 1.06 bits per heavy atom. The minimum absolute atomic E-state index is 0.0840. The van der Waals surface area contributed by atoms with E-state index >= 15 is 0 Å². The fourth-order valence-corrected chi connectivity index (χ4v) is 4.15. The van der Waals surface area contributed by atoms with Gasteiger partial charge in [-0.2, -0.15) is 0 Å². The van der Waals surface area contributed by atoms with E-state index in [4.69, 9.17) is 16.3 Å². The first-order valence-corrected chi connectivity index (χ1v) is 11.3. The van der Waals surface area contributed by atoms with Crippen LogP contribution in [-0.4, -0.2) is 60.4 Å². The van der Waals surface area contributed by atoms with Crippen LogP contribution in [0, 0.1) is 12.8 Å². The number of hydrazine groups is 1. The quantitative estimate of drug-likeness (QED) is 0.515. The summed E-state index contributed by atoms with van der Waals surface area (Å²) in [5.74, 6) is 0.0906. The summed E-state index contributed by atoms with van der Waals surface area (Å²) in [5.41, 5.74) is 5.94. The number of halogens is 1. The van der Waals surface area contributed by atoms with Gasteiger partial charge in [-0.05, 0) is 62.8 Å². The van der Waals surface area contributed by atoms with Crippen molar-refractivity contribution < 1.29 is 19.1 Å². The predicted octanol–water partition coefficient (Wildman–Crippen LogP) is 2.88. The number of urea groups is 1. The van der Waals surface area contributed by atoms with Crippen molar-refractivity contribution in [1.29, 1.82) is 0 Å². The molecule has 0 spiro atoms. The summed E-state index contributed by atoms with van der Waals surface area (Å²) in [7, 11) is 0. The molecule has 0 atom stereocenters. The first-order valence-electron chi connectivity index (χ1n) is 11.0. The monoisotopic (exact) mass is 450 g/mol. The SMILES string of the molecule is Cc1cc(Cl)ccc1OCCCC(=O)NNC(=O)C1CCN(C(=O)N2CCCC2)CC1. The van der Waals surface area contributed by atoms with Crippen LogP contribution in [0.3, 0.4) is 0 Å². The van der Waals surface area contributed by atoms with Crippen molar-refractivity contribution in [3.63, 3.8) is 0 Å². The number of nitrogens with one attached hydrogen (secondary N) is 2. The van der Waals surface area contributed by atoms with Crippen LogP contribution >= 0.6 is 11.6 Å². The Hall–Kier alpha value is -2.48. The standard InChI is InChI=1S/C22H31ClN4O4/c1-16-15-18(23)6-7-19(16)31-14-4-5-20(28)24-25-21(29)17-8-12-27(13-9-17)22(30)26-10-2-3-11-26/h6-7,15,17H,2-5,8-14H2,1H3,(H,24,28)(H,25,29). The predicted molar refractivity (Wildman–Crippen MR) is 118 cm³/mol. The summed E-state index contributed by atoms with van der Waals surface area (Å²) < 4.78 is 5.67. The first kappa shape index (κ1) is 23.2. The summed E-state index contributed by atoms with van der Waals surface area (Å²) in [4.78, 5) is 40.5. The van der Waals surface area contributed by atoms with E-state index in [0.29, 0.717) is 44.0 Å². The molecule has 0 bridgehead atoms. The molecule has 2 saturated heterocycles. The Morgan fingerprint density at radius 3 is 2.42 bits per heavy atom. The number of carbonyl (C=O) groups is 3. The minimum atomic E-state index is -0.258. The lowest BCUT2D eigenvalue weighted by Gasteiger charge is -2.34. The van der Waals surface area contributed by atoms with Gasteiger partial charge in [0, 0.05) is 43.5 Å². The fourth-order valence-electron chi connectivity index (χ4n) is 3.93. The summed E-state index contributed by atoms with van der Waals surface area (Å²) in [6.07, 6.45) is 4.12. The van der Waals surface area contributed by atoms with Gasteiger partial charge in [0.15, 0.2) is 0 Å². The number of rotatable bonds is 6. The van der Waals surface area contributed by atoms with Crippen molar-refractivity contribution >= 4 is 29.4 Å². The minimum Gasteiger partial charge on any atom is -0.493 e. The van der Waals surface area contributed by atoms with Gasteiger partial charge in [0.05, 0.1) is 6.61 Å². The van der Waals surface area contributed by atoms with Crippen molar-refractivity contribution in [2.45, 2.75) is 45.4 Å². The van der Waals surface area contributed by atoms with Gasteiger partial charge in [0.25, 0.3) is 0 Å². The normalized spacial score (nSPS) is 16.8. The zero-order valence-electron chi connectivity index (χ0n) is 18.0. The third-order valence-corrected chi connectivity index (χ3v) is 6.02. The van der Waals surface area contributed by atoms with E-state index in [1.165, 1.54) is 0 Å². The Morgan fingerprint density at radius 2 is 1.74 bits per heavy atom. The Balaban J connectivity index is 1.28. The molecule has 1 aromatic rings. The number of benzene rings is 1. The molecule has 2 fully saturated rings. The number of amides is 4. The van der Waals surface area contributed by atoms with Crippen molar-refractivity contribution in [2.75, 3.05) is 32.8 Å². The molecular weight excluding hydrogens is 420 g/mol. The molecule has 31 heavy (non-hydrogen) atoms. The van der Waals surface area contributed by atoms with Gasteiger partial charge < -0.3 is 14.5 Å². The third-order valence-electron chi connectivity index (χ3n) is 5.78. The second kappa shape index (κ2) is 11.2. The molecule has 2 aliphatic heterocycles. The zero-order valence-corrected chi connectivity index (χ0v) is 18.7. The molecule has 0 unspecified atom stereocenters. The van der Waals surface area contributed by atoms with Crippen LogP contribution in [-0.2, 0) is 9.59 Å². The van der Waals surface area contributed by atoms with E-state index in [1.807, 2.05) is 28.9 Å². The molecule has 2 aliphatic rings. The van der Waals surface area contributed by atoms with Crippen LogP contribution in [0.2, 0.25) is 5.02 Å². The molecule has 2 heterocycles. The smallest absolute Gasteiger partial charge is 0.319 e. The maximum atomic E-state index is 12.4. The molecule has 9 heteroatoms. The lowest BCUT2D eigenvalue weighted by atomic mass is 9.96. The summed E-state index contributed by atoms with van der Waals surface area (Å²) in [5, 5.41) is 0.656. The highest BCUT2D eigenvalue weighted by Crippen LogP contribution is 2.22. The highest BCUT2D eigenvalue weighted by Gasteiger charge is 2.30. The largest absolute Gasteiger partial charge is 0.493 e. The maximum Gasteiger partial charge on any atom is 0.319 e. The molecule has 170 valence electrons. The molecule has 0 radical (unpaired) electrons. The van der Waals surface area contributed by atoms with E-state index in [2.05, 4.69) is 10.9 Å². The van der Waals surface area contributed by atoms with Crippen molar-refractivity contribution in [3.05, 3.63) is 28.8 Å². The number of hydrogen-bond acceptors (Lipinski definition) is 4. The lowest BCUT2D eigenvalue weighted by molar-refractivity contribution is -0.132. The average Bonchev–Trinajstić information content (AvgIpc) is 3.31. The van der Waals surface area contributed by atoms with Crippen LogP contribution in [0.15, 0.2) is 18.2 Å². The van der Waals surface area contributed by atoms with E-state index in [9.17, 15) is 14.4 Å². The molecule has 3 rings (SSSR count).